The number of hydrogen-bond donors (Lipinski definition) is 1. The van der Waals surface area contributed by atoms with Crippen LogP contribution in [0.5, 0.6) is 0 Å². The predicted molar refractivity (Wildman–Crippen MR) is 57.4 cm³/mol. The third-order valence-electron chi connectivity index (χ3n) is 2.18. The summed E-state index contributed by atoms with van der Waals surface area (Å²) in [7, 11) is 0. The number of nitrogens with zero attached hydrogens (tertiary/aromatic N) is 1. The van der Waals surface area contributed by atoms with Crippen LogP contribution in [0.15, 0.2) is 16.9 Å². The molecule has 0 spiro atoms. The maximum Gasteiger partial charge on any atom is 0.341 e. The van der Waals surface area contributed by atoms with Gasteiger partial charge in [0.1, 0.15) is 5.56 Å². The summed E-state index contributed by atoms with van der Waals surface area (Å²) in [6.45, 7) is 7.39. The molecule has 0 saturated carbocycles. The average molecular weight is 209 g/mol. The van der Waals surface area contributed by atoms with E-state index in [2.05, 4.69) is 0 Å². The minimum Gasteiger partial charge on any atom is -0.477 e. The van der Waals surface area contributed by atoms with Crippen LogP contribution in [-0.2, 0) is 5.54 Å². The van der Waals surface area contributed by atoms with E-state index in [9.17, 15) is 9.59 Å². The Hall–Kier alpha value is -1.58. The summed E-state index contributed by atoms with van der Waals surface area (Å²) in [5, 5.41) is 8.83. The van der Waals surface area contributed by atoms with Gasteiger partial charge in [-0.25, -0.2) is 4.79 Å². The topological polar surface area (TPSA) is 59.3 Å². The van der Waals surface area contributed by atoms with E-state index >= 15 is 0 Å². The lowest BCUT2D eigenvalue weighted by Gasteiger charge is -2.25. The molecular formula is C11H15NO3. The lowest BCUT2D eigenvalue weighted by molar-refractivity contribution is 0.0693. The molecule has 1 N–H and O–H groups in total. The molecule has 0 aliphatic heterocycles. The Morgan fingerprint density at radius 2 is 1.87 bits per heavy atom. The van der Waals surface area contributed by atoms with Crippen molar-refractivity contribution < 1.29 is 9.90 Å². The van der Waals surface area contributed by atoms with Gasteiger partial charge in [-0.1, -0.05) is 0 Å². The minimum absolute atomic E-state index is 0.185. The highest BCUT2D eigenvalue weighted by Crippen LogP contribution is 2.14. The molecule has 0 aliphatic carbocycles. The second-order valence-corrected chi connectivity index (χ2v) is 4.50. The smallest absolute Gasteiger partial charge is 0.341 e. The van der Waals surface area contributed by atoms with Crippen LogP contribution in [0.1, 0.15) is 36.8 Å². The van der Waals surface area contributed by atoms with Crippen molar-refractivity contribution in [1.82, 2.24) is 4.57 Å². The molecule has 1 aromatic heterocycles. The van der Waals surface area contributed by atoms with Gasteiger partial charge in [-0.2, -0.15) is 0 Å². The lowest BCUT2D eigenvalue weighted by Crippen LogP contribution is -2.37. The van der Waals surface area contributed by atoms with Crippen molar-refractivity contribution in [2.75, 3.05) is 0 Å². The van der Waals surface area contributed by atoms with Crippen molar-refractivity contribution in [3.8, 4) is 0 Å². The first-order valence-electron chi connectivity index (χ1n) is 4.71. The van der Waals surface area contributed by atoms with Crippen LogP contribution < -0.4 is 5.56 Å². The number of carbonyl (C=O) groups is 1. The molecule has 15 heavy (non-hydrogen) atoms. The predicted octanol–water partition coefficient (Wildman–Crippen LogP) is 1.61. The summed E-state index contributed by atoms with van der Waals surface area (Å²) in [5.74, 6) is -1.18. The number of rotatable bonds is 1. The minimum atomic E-state index is -1.18. The normalized spacial score (nSPS) is 11.5. The number of aromatic carboxylic acids is 1. The molecule has 0 atom stereocenters. The molecule has 0 aromatic carbocycles. The molecule has 0 bridgehead atoms. The summed E-state index contributed by atoms with van der Waals surface area (Å²) < 4.78 is 1.50. The zero-order valence-electron chi connectivity index (χ0n) is 9.37. The monoisotopic (exact) mass is 209 g/mol. The summed E-state index contributed by atoms with van der Waals surface area (Å²) in [6.07, 6.45) is 0. The second-order valence-electron chi connectivity index (χ2n) is 4.50. The van der Waals surface area contributed by atoms with Gasteiger partial charge in [0.05, 0.1) is 0 Å². The molecule has 82 valence electrons. The number of aryl methyl sites for hydroxylation is 1. The molecule has 1 aromatic rings. The molecule has 1 rings (SSSR count). The molecule has 0 fully saturated rings. The first-order chi connectivity index (χ1) is 6.75. The summed E-state index contributed by atoms with van der Waals surface area (Å²) in [6, 6.07) is 3.00. The molecule has 0 radical (unpaired) electrons. The molecule has 0 saturated heterocycles. The first kappa shape index (κ1) is 11.5. The fourth-order valence-electron chi connectivity index (χ4n) is 1.63. The standard InChI is InChI=1S/C11H15NO3/c1-7-5-6-8(10(14)15)9(13)12(7)11(2,3)4/h5-6H,1-4H3,(H,14,15). The Bertz CT molecular complexity index is 452. The Morgan fingerprint density at radius 3 is 2.27 bits per heavy atom. The van der Waals surface area contributed by atoms with Gasteiger partial charge in [-0.05, 0) is 39.8 Å². The number of carboxylic acid groups (broad SMARTS) is 1. The van der Waals surface area contributed by atoms with E-state index in [0.29, 0.717) is 0 Å². The van der Waals surface area contributed by atoms with Gasteiger partial charge in [0, 0.05) is 11.2 Å². The van der Waals surface area contributed by atoms with Crippen molar-refractivity contribution >= 4 is 5.97 Å². The number of aromatic nitrogens is 1. The Kier molecular flexibility index (Phi) is 2.71. The van der Waals surface area contributed by atoms with Crippen LogP contribution in [0, 0.1) is 6.92 Å². The van der Waals surface area contributed by atoms with Gasteiger partial charge in [-0.3, -0.25) is 4.79 Å². The third-order valence-corrected chi connectivity index (χ3v) is 2.18. The quantitative estimate of drug-likeness (QED) is 0.764. The maximum atomic E-state index is 11.9. The highest BCUT2D eigenvalue weighted by atomic mass is 16.4. The van der Waals surface area contributed by atoms with Crippen molar-refractivity contribution in [3.63, 3.8) is 0 Å². The van der Waals surface area contributed by atoms with E-state index in [0.717, 1.165) is 5.69 Å². The van der Waals surface area contributed by atoms with Gasteiger partial charge < -0.3 is 9.67 Å². The maximum absolute atomic E-state index is 11.9. The van der Waals surface area contributed by atoms with E-state index in [1.165, 1.54) is 10.6 Å². The fourth-order valence-corrected chi connectivity index (χ4v) is 1.63. The zero-order chi connectivity index (χ0) is 11.8. The lowest BCUT2D eigenvalue weighted by atomic mass is 10.1. The SMILES string of the molecule is Cc1ccc(C(=O)O)c(=O)n1C(C)(C)C. The molecule has 0 aliphatic rings. The fraction of sp³-hybridized carbons (Fsp3) is 0.455. The summed E-state index contributed by atoms with van der Waals surface area (Å²) in [5.41, 5.74) is -0.282. The highest BCUT2D eigenvalue weighted by Gasteiger charge is 2.20. The Morgan fingerprint density at radius 1 is 1.33 bits per heavy atom. The molecule has 0 amide bonds. The number of pyridine rings is 1. The van der Waals surface area contributed by atoms with E-state index in [-0.39, 0.29) is 5.56 Å². The van der Waals surface area contributed by atoms with Gasteiger partial charge >= 0.3 is 5.97 Å². The number of carboxylic acids is 1. The summed E-state index contributed by atoms with van der Waals surface area (Å²) >= 11 is 0. The van der Waals surface area contributed by atoms with Crippen molar-refractivity contribution in [3.05, 3.63) is 33.7 Å². The van der Waals surface area contributed by atoms with Gasteiger partial charge in [0.2, 0.25) is 0 Å². The Labute approximate surface area is 88.2 Å². The largest absolute Gasteiger partial charge is 0.477 e. The molecule has 1 heterocycles. The summed E-state index contributed by atoms with van der Waals surface area (Å²) in [4.78, 5) is 22.7. The molecule has 4 heteroatoms. The number of hydrogen-bond acceptors (Lipinski definition) is 2. The van der Waals surface area contributed by atoms with Crippen molar-refractivity contribution in [1.29, 1.82) is 0 Å². The van der Waals surface area contributed by atoms with Gasteiger partial charge in [-0.15, -0.1) is 0 Å². The van der Waals surface area contributed by atoms with Crippen LogP contribution in [0.25, 0.3) is 0 Å². The Balaban J connectivity index is 3.59. The van der Waals surface area contributed by atoms with Crippen LogP contribution >= 0.6 is 0 Å². The zero-order valence-corrected chi connectivity index (χ0v) is 9.37. The van der Waals surface area contributed by atoms with E-state index < -0.39 is 17.1 Å². The van der Waals surface area contributed by atoms with E-state index in [4.69, 9.17) is 5.11 Å². The second kappa shape index (κ2) is 3.53. The average Bonchev–Trinajstić information content (AvgIpc) is 2.00. The van der Waals surface area contributed by atoms with Crippen LogP contribution in [-0.4, -0.2) is 15.6 Å². The van der Waals surface area contributed by atoms with E-state index in [1.54, 1.807) is 13.0 Å². The first-order valence-corrected chi connectivity index (χ1v) is 4.71. The molecule has 4 nitrogen and oxygen atoms in total. The van der Waals surface area contributed by atoms with Gasteiger partial charge in [0.25, 0.3) is 5.56 Å². The van der Waals surface area contributed by atoms with Crippen molar-refractivity contribution in [2.24, 2.45) is 0 Å². The van der Waals surface area contributed by atoms with Crippen LogP contribution in [0.4, 0.5) is 0 Å². The van der Waals surface area contributed by atoms with E-state index in [1.807, 2.05) is 20.8 Å². The highest BCUT2D eigenvalue weighted by molar-refractivity contribution is 5.87. The van der Waals surface area contributed by atoms with Crippen LogP contribution in [0.2, 0.25) is 0 Å². The third kappa shape index (κ3) is 2.09. The molecular weight excluding hydrogens is 194 g/mol. The molecule has 0 unspecified atom stereocenters. The van der Waals surface area contributed by atoms with Crippen molar-refractivity contribution in [2.45, 2.75) is 33.2 Å². The van der Waals surface area contributed by atoms with Crippen LogP contribution in [0.3, 0.4) is 0 Å². The van der Waals surface area contributed by atoms with Gasteiger partial charge in [0.15, 0.2) is 0 Å².